The van der Waals surface area contributed by atoms with Crippen LogP contribution in [0.15, 0.2) is 24.3 Å². The summed E-state index contributed by atoms with van der Waals surface area (Å²) in [4.78, 5) is 49.9. The average Bonchev–Trinajstić information content (AvgIpc) is 3.07. The van der Waals surface area contributed by atoms with Crippen LogP contribution in [0, 0.1) is 17.7 Å². The van der Waals surface area contributed by atoms with E-state index in [-0.39, 0.29) is 24.8 Å². The minimum Gasteiger partial charge on any atom is -0.480 e. The summed E-state index contributed by atoms with van der Waals surface area (Å²) in [6, 6.07) is 3.41. The standard InChI is InChI=1S/C20H26FN3O5/c1-4-11(2)17(19(27)22-12(3)20(28)29)23-18(26)13-9-16(25)24(10-13)15-7-5-14(21)6-8-15/h5-8,11-13,17H,4,9-10H2,1-3H3,(H,22,27)(H,23,26)(H,28,29)/t11-,12-,13+,17-/m0/s1. The first-order chi connectivity index (χ1) is 13.6. The molecule has 0 saturated carbocycles. The molecule has 0 aromatic heterocycles. The van der Waals surface area contributed by atoms with Crippen molar-refractivity contribution >= 4 is 29.4 Å². The summed E-state index contributed by atoms with van der Waals surface area (Å²) in [6.45, 7) is 5.09. The summed E-state index contributed by atoms with van der Waals surface area (Å²) in [7, 11) is 0. The van der Waals surface area contributed by atoms with E-state index in [1.807, 2.05) is 6.92 Å². The molecule has 0 spiro atoms. The number of hydrogen-bond acceptors (Lipinski definition) is 4. The zero-order chi connectivity index (χ0) is 21.7. The highest BCUT2D eigenvalue weighted by Gasteiger charge is 2.37. The van der Waals surface area contributed by atoms with Crippen molar-refractivity contribution in [3.8, 4) is 0 Å². The largest absolute Gasteiger partial charge is 0.480 e. The molecule has 9 heteroatoms. The third-order valence-corrected chi connectivity index (χ3v) is 5.16. The molecule has 29 heavy (non-hydrogen) atoms. The molecule has 158 valence electrons. The number of halogens is 1. The first kappa shape index (κ1) is 22.3. The lowest BCUT2D eigenvalue weighted by atomic mass is 9.96. The minimum absolute atomic E-state index is 0.0242. The van der Waals surface area contributed by atoms with Crippen molar-refractivity contribution in [2.45, 2.75) is 45.7 Å². The molecule has 4 atom stereocenters. The molecule has 1 saturated heterocycles. The number of nitrogens with one attached hydrogen (secondary N) is 2. The van der Waals surface area contributed by atoms with E-state index in [4.69, 9.17) is 5.11 Å². The van der Waals surface area contributed by atoms with Gasteiger partial charge in [-0.05, 0) is 37.1 Å². The summed E-state index contributed by atoms with van der Waals surface area (Å²) < 4.78 is 13.1. The Morgan fingerprint density at radius 3 is 2.38 bits per heavy atom. The fourth-order valence-electron chi connectivity index (χ4n) is 3.09. The van der Waals surface area contributed by atoms with E-state index in [1.54, 1.807) is 6.92 Å². The summed E-state index contributed by atoms with van der Waals surface area (Å²) in [5.41, 5.74) is 0.498. The van der Waals surface area contributed by atoms with Gasteiger partial charge >= 0.3 is 5.97 Å². The lowest BCUT2D eigenvalue weighted by Crippen LogP contribution is -2.54. The van der Waals surface area contributed by atoms with Gasteiger partial charge in [0, 0.05) is 18.7 Å². The van der Waals surface area contributed by atoms with Gasteiger partial charge in [-0.1, -0.05) is 20.3 Å². The number of carbonyl (C=O) groups excluding carboxylic acids is 3. The van der Waals surface area contributed by atoms with Crippen LogP contribution >= 0.6 is 0 Å². The molecular weight excluding hydrogens is 381 g/mol. The van der Waals surface area contributed by atoms with Crippen LogP contribution in [-0.2, 0) is 19.2 Å². The summed E-state index contributed by atoms with van der Waals surface area (Å²) >= 11 is 0. The van der Waals surface area contributed by atoms with Crippen LogP contribution in [0.3, 0.4) is 0 Å². The van der Waals surface area contributed by atoms with Crippen molar-refractivity contribution in [2.24, 2.45) is 11.8 Å². The lowest BCUT2D eigenvalue weighted by Gasteiger charge is -2.26. The highest BCUT2D eigenvalue weighted by Crippen LogP contribution is 2.25. The number of benzene rings is 1. The first-order valence-corrected chi connectivity index (χ1v) is 9.53. The Labute approximate surface area is 168 Å². The van der Waals surface area contributed by atoms with Gasteiger partial charge in [0.25, 0.3) is 0 Å². The van der Waals surface area contributed by atoms with E-state index in [9.17, 15) is 23.6 Å². The number of hydrogen-bond donors (Lipinski definition) is 3. The van der Waals surface area contributed by atoms with Gasteiger partial charge in [-0.25, -0.2) is 4.39 Å². The van der Waals surface area contributed by atoms with Crippen LogP contribution in [0.1, 0.15) is 33.6 Å². The lowest BCUT2D eigenvalue weighted by molar-refractivity contribution is -0.142. The zero-order valence-corrected chi connectivity index (χ0v) is 16.6. The highest BCUT2D eigenvalue weighted by atomic mass is 19.1. The van der Waals surface area contributed by atoms with E-state index in [2.05, 4.69) is 10.6 Å². The fraction of sp³-hybridized carbons (Fsp3) is 0.500. The Hall–Kier alpha value is -2.97. The molecule has 1 heterocycles. The van der Waals surface area contributed by atoms with E-state index >= 15 is 0 Å². The van der Waals surface area contributed by atoms with Crippen molar-refractivity contribution in [2.75, 3.05) is 11.4 Å². The highest BCUT2D eigenvalue weighted by molar-refractivity contribution is 6.01. The Morgan fingerprint density at radius 2 is 1.83 bits per heavy atom. The molecule has 1 aliphatic heterocycles. The van der Waals surface area contributed by atoms with E-state index in [1.165, 1.54) is 36.1 Å². The number of carboxylic acids is 1. The Bertz CT molecular complexity index is 783. The predicted octanol–water partition coefficient (Wildman–Crippen LogP) is 1.30. The van der Waals surface area contributed by atoms with Crippen LogP contribution in [0.2, 0.25) is 0 Å². The third-order valence-electron chi connectivity index (χ3n) is 5.16. The molecule has 1 aliphatic rings. The van der Waals surface area contributed by atoms with Crippen molar-refractivity contribution < 1.29 is 28.7 Å². The van der Waals surface area contributed by atoms with Crippen molar-refractivity contribution in [3.05, 3.63) is 30.1 Å². The molecule has 1 aromatic carbocycles. The van der Waals surface area contributed by atoms with Crippen molar-refractivity contribution in [1.82, 2.24) is 10.6 Å². The number of carboxylic acid groups (broad SMARTS) is 1. The SMILES string of the molecule is CC[C@H](C)[C@H](NC(=O)[C@@H]1CC(=O)N(c2ccc(F)cc2)C1)C(=O)N[C@@H](C)C(=O)O. The van der Waals surface area contributed by atoms with E-state index < -0.39 is 41.6 Å². The molecular formula is C20H26FN3O5. The van der Waals surface area contributed by atoms with Crippen molar-refractivity contribution in [1.29, 1.82) is 0 Å². The van der Waals surface area contributed by atoms with Gasteiger partial charge in [0.1, 0.15) is 17.9 Å². The topological polar surface area (TPSA) is 116 Å². The maximum Gasteiger partial charge on any atom is 0.325 e. The number of nitrogens with zero attached hydrogens (tertiary/aromatic N) is 1. The summed E-state index contributed by atoms with van der Waals surface area (Å²) in [5.74, 6) is -3.79. The van der Waals surface area contributed by atoms with Gasteiger partial charge in [0.15, 0.2) is 0 Å². The third kappa shape index (κ3) is 5.52. The van der Waals surface area contributed by atoms with Crippen LogP contribution in [-0.4, -0.2) is 47.4 Å². The second-order valence-corrected chi connectivity index (χ2v) is 7.32. The van der Waals surface area contributed by atoms with Crippen LogP contribution in [0.5, 0.6) is 0 Å². The smallest absolute Gasteiger partial charge is 0.325 e. The number of amides is 3. The van der Waals surface area contributed by atoms with Gasteiger partial charge in [-0.2, -0.15) is 0 Å². The van der Waals surface area contributed by atoms with Crippen LogP contribution in [0.4, 0.5) is 10.1 Å². The van der Waals surface area contributed by atoms with Gasteiger partial charge < -0.3 is 20.6 Å². The van der Waals surface area contributed by atoms with Gasteiger partial charge in [-0.15, -0.1) is 0 Å². The van der Waals surface area contributed by atoms with Gasteiger partial charge in [0.2, 0.25) is 17.7 Å². The summed E-state index contributed by atoms with van der Waals surface area (Å²) in [6.07, 6.45) is 0.564. The van der Waals surface area contributed by atoms with Crippen LogP contribution < -0.4 is 15.5 Å². The molecule has 1 aromatic rings. The predicted molar refractivity (Wildman–Crippen MR) is 103 cm³/mol. The fourth-order valence-corrected chi connectivity index (χ4v) is 3.09. The number of rotatable bonds is 8. The van der Waals surface area contributed by atoms with Gasteiger partial charge in [-0.3, -0.25) is 19.2 Å². The Morgan fingerprint density at radius 1 is 1.21 bits per heavy atom. The minimum atomic E-state index is -1.18. The molecule has 0 unspecified atom stereocenters. The quantitative estimate of drug-likeness (QED) is 0.601. The number of carbonyl (C=O) groups is 4. The number of aliphatic carboxylic acids is 1. The van der Waals surface area contributed by atoms with E-state index in [0.717, 1.165) is 0 Å². The molecule has 0 bridgehead atoms. The zero-order valence-electron chi connectivity index (χ0n) is 16.6. The first-order valence-electron chi connectivity index (χ1n) is 9.53. The molecule has 3 N–H and O–H groups in total. The molecule has 8 nitrogen and oxygen atoms in total. The monoisotopic (exact) mass is 407 g/mol. The molecule has 1 fully saturated rings. The van der Waals surface area contributed by atoms with Gasteiger partial charge in [0.05, 0.1) is 5.92 Å². The average molecular weight is 407 g/mol. The molecule has 0 radical (unpaired) electrons. The maximum atomic E-state index is 13.1. The Balaban J connectivity index is 2.07. The normalized spacial score (nSPS) is 19.4. The Kier molecular flexibility index (Phi) is 7.30. The maximum absolute atomic E-state index is 13.1. The molecule has 3 amide bonds. The van der Waals surface area contributed by atoms with Crippen LogP contribution in [0.25, 0.3) is 0 Å². The number of anilines is 1. The molecule has 0 aliphatic carbocycles. The second kappa shape index (κ2) is 9.49. The molecule has 2 rings (SSSR count). The summed E-state index contributed by atoms with van der Waals surface area (Å²) in [5, 5.41) is 14.0. The second-order valence-electron chi connectivity index (χ2n) is 7.32. The van der Waals surface area contributed by atoms with E-state index in [0.29, 0.717) is 12.1 Å². The van der Waals surface area contributed by atoms with Crippen molar-refractivity contribution in [3.63, 3.8) is 0 Å².